The minimum atomic E-state index is -3.94. The minimum Gasteiger partial charge on any atom is -0.464 e. The van der Waals surface area contributed by atoms with E-state index in [-0.39, 0.29) is 12.4 Å². The van der Waals surface area contributed by atoms with Crippen LogP contribution in [-0.2, 0) is 25.4 Å². The average Bonchev–Trinajstić information content (AvgIpc) is 3.01. The fraction of sp³-hybridized carbons (Fsp3) is 0.625. The van der Waals surface area contributed by atoms with Gasteiger partial charge in [-0.25, -0.2) is 20.0 Å². The number of imidazole rings is 1. The molecule has 0 bridgehead atoms. The summed E-state index contributed by atoms with van der Waals surface area (Å²) in [6, 6.07) is 0. The van der Waals surface area contributed by atoms with Gasteiger partial charge in [-0.1, -0.05) is 6.92 Å². The third-order valence-electron chi connectivity index (χ3n) is 3.82. The fourth-order valence-corrected chi connectivity index (χ4v) is 3.97. The number of anilines is 1. The maximum Gasteiger partial charge on any atom is 0.326 e. The Balaban J connectivity index is 1.93. The highest BCUT2D eigenvalue weighted by molar-refractivity contribution is 7.55. The zero-order valence-electron chi connectivity index (χ0n) is 16.5. The number of nitrogens with zero attached hydrogens (tertiary/aromatic N) is 4. The van der Waals surface area contributed by atoms with Gasteiger partial charge in [0.25, 0.3) is 7.52 Å². The largest absolute Gasteiger partial charge is 0.464 e. The molecule has 0 aromatic carbocycles. The second-order valence-electron chi connectivity index (χ2n) is 7.01. The molecule has 2 atom stereocenters. The van der Waals surface area contributed by atoms with Gasteiger partial charge in [-0.05, 0) is 27.2 Å². The molecule has 0 amide bonds. The van der Waals surface area contributed by atoms with E-state index in [9.17, 15) is 14.3 Å². The average molecular weight is 414 g/mol. The molecule has 2 aromatic rings. The third-order valence-corrected chi connectivity index (χ3v) is 5.23. The van der Waals surface area contributed by atoms with Crippen molar-refractivity contribution in [1.82, 2.24) is 24.6 Å². The van der Waals surface area contributed by atoms with Gasteiger partial charge in [0, 0.05) is 0 Å². The Hall–Kier alpha value is -2.07. The number of carbonyl (C=O) groups excluding carboxylic acids is 1. The predicted octanol–water partition coefficient (Wildman–Crippen LogP) is 1.28. The first-order chi connectivity index (χ1) is 13.1. The summed E-state index contributed by atoms with van der Waals surface area (Å²) in [5.74, 6) is -0.322. The minimum absolute atomic E-state index is 0.250. The number of hydrogen-bond acceptors (Lipinski definition) is 8. The maximum absolute atomic E-state index is 12.4. The van der Waals surface area contributed by atoms with Crippen LogP contribution in [0.3, 0.4) is 0 Å². The fourth-order valence-electron chi connectivity index (χ4n) is 2.48. The molecule has 0 aliphatic carbocycles. The van der Waals surface area contributed by atoms with Gasteiger partial charge < -0.3 is 24.7 Å². The van der Waals surface area contributed by atoms with Crippen molar-refractivity contribution in [3.05, 3.63) is 12.7 Å². The van der Waals surface area contributed by atoms with E-state index in [4.69, 9.17) is 15.2 Å². The SMILES string of the molecule is CCCOC(=O)C(C)(C)NP(=O)(O)CO[C@H](C)Cn1cnc2c(N)ncnc21. The van der Waals surface area contributed by atoms with E-state index in [1.54, 1.807) is 17.8 Å². The Labute approximate surface area is 163 Å². The number of esters is 1. The number of nitrogens with one attached hydrogen (secondary N) is 1. The smallest absolute Gasteiger partial charge is 0.326 e. The standard InChI is InChI=1S/C16H27N6O5P/c1-5-6-26-15(23)16(3,4)21-28(24,25)10-27-11(2)7-22-9-20-12-13(17)18-8-19-14(12)22/h8-9,11H,5-7,10H2,1-4H3,(H2,17,18,19)(H2,21,24,25)/t11-/m1/s1. The molecule has 0 fully saturated rings. The Morgan fingerprint density at radius 3 is 2.82 bits per heavy atom. The lowest BCUT2D eigenvalue weighted by atomic mass is 10.1. The van der Waals surface area contributed by atoms with Crippen molar-refractivity contribution in [1.29, 1.82) is 0 Å². The van der Waals surface area contributed by atoms with Gasteiger partial charge in [-0.15, -0.1) is 0 Å². The van der Waals surface area contributed by atoms with E-state index in [1.165, 1.54) is 20.2 Å². The van der Waals surface area contributed by atoms with E-state index in [0.717, 1.165) is 0 Å². The maximum atomic E-state index is 12.4. The van der Waals surface area contributed by atoms with Crippen LogP contribution in [-0.4, -0.2) is 55.0 Å². The van der Waals surface area contributed by atoms with Crippen molar-refractivity contribution in [3.63, 3.8) is 0 Å². The number of aromatic nitrogens is 4. The highest BCUT2D eigenvalue weighted by Crippen LogP contribution is 2.38. The highest BCUT2D eigenvalue weighted by Gasteiger charge is 2.36. The molecule has 0 aliphatic heterocycles. The summed E-state index contributed by atoms with van der Waals surface area (Å²) in [5, 5.41) is 2.45. The summed E-state index contributed by atoms with van der Waals surface area (Å²) in [4.78, 5) is 34.4. The molecule has 0 radical (unpaired) electrons. The third kappa shape index (κ3) is 5.71. The van der Waals surface area contributed by atoms with Crippen molar-refractivity contribution in [2.24, 2.45) is 0 Å². The van der Waals surface area contributed by atoms with Crippen LogP contribution in [0.4, 0.5) is 5.82 Å². The Morgan fingerprint density at radius 1 is 1.43 bits per heavy atom. The first kappa shape index (κ1) is 22.2. The van der Waals surface area contributed by atoms with Gasteiger partial charge in [-0.3, -0.25) is 9.36 Å². The second kappa shape index (κ2) is 8.95. The molecule has 2 rings (SSSR count). The van der Waals surface area contributed by atoms with Crippen molar-refractivity contribution in [2.75, 3.05) is 18.7 Å². The van der Waals surface area contributed by atoms with Gasteiger partial charge in [0.1, 0.15) is 23.7 Å². The lowest BCUT2D eigenvalue weighted by Gasteiger charge is -2.27. The van der Waals surface area contributed by atoms with Crippen LogP contribution in [0.2, 0.25) is 0 Å². The Kier molecular flexibility index (Phi) is 7.11. The molecule has 2 aromatic heterocycles. The van der Waals surface area contributed by atoms with Crippen molar-refractivity contribution < 1.29 is 23.7 Å². The van der Waals surface area contributed by atoms with Gasteiger partial charge >= 0.3 is 5.97 Å². The van der Waals surface area contributed by atoms with Gasteiger partial charge in [-0.2, -0.15) is 0 Å². The van der Waals surface area contributed by atoms with E-state index in [0.29, 0.717) is 24.1 Å². The highest BCUT2D eigenvalue weighted by atomic mass is 31.2. The summed E-state index contributed by atoms with van der Waals surface area (Å²) in [6.45, 7) is 7.17. The number of ether oxygens (including phenoxy) is 2. The first-order valence-electron chi connectivity index (χ1n) is 8.87. The quantitative estimate of drug-likeness (QED) is 0.382. The van der Waals surface area contributed by atoms with Crippen LogP contribution in [0.5, 0.6) is 0 Å². The van der Waals surface area contributed by atoms with Crippen LogP contribution < -0.4 is 10.8 Å². The van der Waals surface area contributed by atoms with E-state index in [2.05, 4.69) is 20.0 Å². The summed E-state index contributed by atoms with van der Waals surface area (Å²) in [5.41, 5.74) is 5.47. The molecule has 28 heavy (non-hydrogen) atoms. The number of hydrogen-bond donors (Lipinski definition) is 3. The second-order valence-corrected chi connectivity index (χ2v) is 8.89. The van der Waals surface area contributed by atoms with Crippen LogP contribution in [0, 0.1) is 0 Å². The van der Waals surface area contributed by atoms with Gasteiger partial charge in [0.05, 0.1) is 25.6 Å². The number of nitrogen functional groups attached to an aromatic ring is 1. The van der Waals surface area contributed by atoms with E-state index < -0.39 is 31.5 Å². The number of carbonyl (C=O) groups is 1. The van der Waals surface area contributed by atoms with Crippen molar-refractivity contribution in [2.45, 2.75) is 52.3 Å². The van der Waals surface area contributed by atoms with E-state index >= 15 is 0 Å². The summed E-state index contributed by atoms with van der Waals surface area (Å²) in [6.07, 6.45) is 2.67. The van der Waals surface area contributed by atoms with Crippen LogP contribution in [0.25, 0.3) is 11.2 Å². The lowest BCUT2D eigenvalue weighted by Crippen LogP contribution is -2.46. The predicted molar refractivity (Wildman–Crippen MR) is 103 cm³/mol. The molecule has 2 heterocycles. The monoisotopic (exact) mass is 414 g/mol. The number of rotatable bonds is 10. The summed E-state index contributed by atoms with van der Waals surface area (Å²) in [7, 11) is -3.94. The zero-order valence-corrected chi connectivity index (χ0v) is 17.3. The van der Waals surface area contributed by atoms with Crippen LogP contribution in [0.1, 0.15) is 34.1 Å². The molecule has 0 spiro atoms. The topological polar surface area (TPSA) is 154 Å². The molecule has 11 nitrogen and oxygen atoms in total. The van der Waals surface area contributed by atoms with E-state index in [1.807, 2.05) is 6.92 Å². The van der Waals surface area contributed by atoms with Crippen LogP contribution >= 0.6 is 7.52 Å². The summed E-state index contributed by atoms with van der Waals surface area (Å²) < 4.78 is 24.7. The molecule has 12 heteroatoms. The molecule has 0 saturated carbocycles. The Bertz CT molecular complexity index is 870. The summed E-state index contributed by atoms with van der Waals surface area (Å²) >= 11 is 0. The lowest BCUT2D eigenvalue weighted by molar-refractivity contribution is -0.149. The van der Waals surface area contributed by atoms with Crippen molar-refractivity contribution >= 4 is 30.5 Å². The number of nitrogens with two attached hydrogens (primary N) is 1. The molecule has 0 saturated heterocycles. The molecule has 4 N–H and O–H groups in total. The van der Waals surface area contributed by atoms with Gasteiger partial charge in [0.15, 0.2) is 11.5 Å². The molecule has 0 aliphatic rings. The Morgan fingerprint density at radius 2 is 2.14 bits per heavy atom. The molecule has 1 unspecified atom stereocenters. The first-order valence-corrected chi connectivity index (χ1v) is 10.7. The van der Waals surface area contributed by atoms with Crippen molar-refractivity contribution in [3.8, 4) is 0 Å². The zero-order chi connectivity index (χ0) is 20.9. The molecular formula is C16H27N6O5P. The molecule has 156 valence electrons. The van der Waals surface area contributed by atoms with Crippen LogP contribution in [0.15, 0.2) is 12.7 Å². The van der Waals surface area contributed by atoms with Gasteiger partial charge in [0.2, 0.25) is 0 Å². The number of fused-ring (bicyclic) bond motifs is 1. The molecular weight excluding hydrogens is 387 g/mol. The normalized spacial score (nSPS) is 15.3.